The molecule has 1 aromatic rings. The fraction of sp³-hybridized carbons (Fsp3) is 0.625. The molecule has 0 amide bonds. The summed E-state index contributed by atoms with van der Waals surface area (Å²) in [6.07, 6.45) is 5.41. The van der Waals surface area contributed by atoms with Crippen LogP contribution in [0.5, 0.6) is 0 Å². The Bertz CT molecular complexity index is 438. The monoisotopic (exact) mass is 343 g/mol. The van der Waals surface area contributed by atoms with E-state index in [9.17, 15) is 9.50 Å². The van der Waals surface area contributed by atoms with Crippen LogP contribution in [-0.2, 0) is 6.54 Å². The van der Waals surface area contributed by atoms with E-state index in [1.54, 1.807) is 0 Å². The zero-order valence-corrected chi connectivity index (χ0v) is 13.6. The van der Waals surface area contributed by atoms with Crippen molar-refractivity contribution in [1.29, 1.82) is 0 Å². The van der Waals surface area contributed by atoms with Crippen molar-refractivity contribution in [2.24, 2.45) is 0 Å². The molecule has 1 aromatic carbocycles. The summed E-state index contributed by atoms with van der Waals surface area (Å²) in [6.45, 7) is 3.75. The third-order valence-electron chi connectivity index (χ3n) is 3.98. The van der Waals surface area contributed by atoms with Crippen LogP contribution in [0.2, 0.25) is 0 Å². The van der Waals surface area contributed by atoms with Gasteiger partial charge in [0.2, 0.25) is 0 Å². The molecule has 1 heterocycles. The van der Waals surface area contributed by atoms with Gasteiger partial charge < -0.3 is 5.11 Å². The maximum Gasteiger partial charge on any atom is 0.137 e. The molecule has 2 nitrogen and oxygen atoms in total. The summed E-state index contributed by atoms with van der Waals surface area (Å²) in [6, 6.07) is 5.66. The molecular formula is C16H23BrFNO. The van der Waals surface area contributed by atoms with Crippen molar-refractivity contribution >= 4 is 15.9 Å². The fourth-order valence-electron chi connectivity index (χ4n) is 2.98. The minimum absolute atomic E-state index is 0.217. The third kappa shape index (κ3) is 4.54. The van der Waals surface area contributed by atoms with Crippen molar-refractivity contribution in [3.63, 3.8) is 0 Å². The number of rotatable bonds is 4. The predicted octanol–water partition coefficient (Wildman–Crippen LogP) is 4.10. The quantitative estimate of drug-likeness (QED) is 0.889. The van der Waals surface area contributed by atoms with Crippen molar-refractivity contribution in [2.45, 2.75) is 57.7 Å². The Morgan fingerprint density at radius 1 is 1.40 bits per heavy atom. The third-order valence-corrected chi connectivity index (χ3v) is 4.59. The number of likely N-dealkylation sites (tertiary alicyclic amines) is 1. The molecule has 0 radical (unpaired) electrons. The highest BCUT2D eigenvalue weighted by Crippen LogP contribution is 2.24. The van der Waals surface area contributed by atoms with Crippen LogP contribution in [-0.4, -0.2) is 28.7 Å². The Balaban J connectivity index is 2.07. The molecule has 20 heavy (non-hydrogen) atoms. The topological polar surface area (TPSA) is 23.5 Å². The lowest BCUT2D eigenvalue weighted by Crippen LogP contribution is -2.36. The molecule has 1 aliphatic heterocycles. The van der Waals surface area contributed by atoms with Gasteiger partial charge >= 0.3 is 0 Å². The van der Waals surface area contributed by atoms with Crippen molar-refractivity contribution in [1.82, 2.24) is 4.90 Å². The van der Waals surface area contributed by atoms with Crippen molar-refractivity contribution < 1.29 is 9.50 Å². The lowest BCUT2D eigenvalue weighted by molar-refractivity contribution is 0.108. The van der Waals surface area contributed by atoms with Crippen LogP contribution in [0.4, 0.5) is 4.39 Å². The van der Waals surface area contributed by atoms with Gasteiger partial charge in [-0.1, -0.05) is 18.9 Å². The number of hydrogen-bond donors (Lipinski definition) is 1. The summed E-state index contributed by atoms with van der Waals surface area (Å²) in [5.41, 5.74) is 1.12. The summed E-state index contributed by atoms with van der Waals surface area (Å²) in [7, 11) is 0. The molecule has 0 aliphatic carbocycles. The number of nitrogens with zero attached hydrogens (tertiary/aromatic N) is 1. The lowest BCUT2D eigenvalue weighted by atomic mass is 10.0. The fourth-order valence-corrected chi connectivity index (χ4v) is 3.40. The molecule has 0 saturated carbocycles. The average molecular weight is 344 g/mol. The zero-order chi connectivity index (χ0) is 14.5. The predicted molar refractivity (Wildman–Crippen MR) is 83.1 cm³/mol. The zero-order valence-electron chi connectivity index (χ0n) is 12.0. The van der Waals surface area contributed by atoms with Crippen LogP contribution in [0.25, 0.3) is 0 Å². The minimum atomic E-state index is -0.263. The minimum Gasteiger partial charge on any atom is -0.393 e. The second kappa shape index (κ2) is 7.53. The largest absolute Gasteiger partial charge is 0.393 e. The summed E-state index contributed by atoms with van der Waals surface area (Å²) in [5, 5.41) is 9.68. The van der Waals surface area contributed by atoms with Crippen LogP contribution in [0, 0.1) is 5.82 Å². The molecule has 1 saturated heterocycles. The van der Waals surface area contributed by atoms with E-state index >= 15 is 0 Å². The molecule has 0 bridgehead atoms. The summed E-state index contributed by atoms with van der Waals surface area (Å²) in [5.74, 6) is -0.217. The molecule has 1 aliphatic rings. The van der Waals surface area contributed by atoms with Gasteiger partial charge in [-0.3, -0.25) is 4.90 Å². The maximum absolute atomic E-state index is 13.3. The van der Waals surface area contributed by atoms with Crippen molar-refractivity contribution in [3.8, 4) is 0 Å². The highest BCUT2D eigenvalue weighted by atomic mass is 79.9. The second-order valence-corrected chi connectivity index (χ2v) is 6.66. The van der Waals surface area contributed by atoms with Crippen LogP contribution in [0.1, 0.15) is 44.6 Å². The summed E-state index contributed by atoms with van der Waals surface area (Å²) >= 11 is 3.25. The average Bonchev–Trinajstić information content (AvgIpc) is 2.59. The van der Waals surface area contributed by atoms with E-state index in [4.69, 9.17) is 0 Å². The SMILES string of the molecule is CC(O)CC1CCCCCN1Cc1ccc(F)c(Br)c1. The lowest BCUT2D eigenvalue weighted by Gasteiger charge is -2.31. The van der Waals surface area contributed by atoms with Crippen LogP contribution < -0.4 is 0 Å². The van der Waals surface area contributed by atoms with Gasteiger partial charge in [-0.25, -0.2) is 4.39 Å². The van der Waals surface area contributed by atoms with E-state index in [1.165, 1.54) is 25.3 Å². The number of halogens is 2. The van der Waals surface area contributed by atoms with Gasteiger partial charge in [0.05, 0.1) is 10.6 Å². The Labute approximate surface area is 129 Å². The molecule has 2 rings (SSSR count). The summed E-state index contributed by atoms with van der Waals surface area (Å²) < 4.78 is 13.8. The Morgan fingerprint density at radius 2 is 2.20 bits per heavy atom. The van der Waals surface area contributed by atoms with Gasteiger partial charge in [0.1, 0.15) is 5.82 Å². The highest BCUT2D eigenvalue weighted by Gasteiger charge is 2.22. The Morgan fingerprint density at radius 3 is 2.90 bits per heavy atom. The standard InChI is InChI=1S/C16H23BrFNO/c1-12(20)9-14-5-3-2-4-8-19(14)11-13-6-7-16(18)15(17)10-13/h6-7,10,12,14,20H,2-5,8-9,11H2,1H3. The van der Waals surface area contributed by atoms with E-state index in [2.05, 4.69) is 20.8 Å². The number of hydrogen-bond acceptors (Lipinski definition) is 2. The van der Waals surface area contributed by atoms with Crippen molar-refractivity contribution in [2.75, 3.05) is 6.54 Å². The van der Waals surface area contributed by atoms with E-state index < -0.39 is 0 Å². The maximum atomic E-state index is 13.3. The molecular weight excluding hydrogens is 321 g/mol. The molecule has 4 heteroatoms. The smallest absolute Gasteiger partial charge is 0.137 e. The number of aliphatic hydroxyl groups is 1. The first kappa shape index (κ1) is 15.9. The second-order valence-electron chi connectivity index (χ2n) is 5.81. The molecule has 2 atom stereocenters. The van der Waals surface area contributed by atoms with E-state index in [0.29, 0.717) is 10.5 Å². The number of benzene rings is 1. The first-order valence-corrected chi connectivity index (χ1v) is 8.21. The van der Waals surface area contributed by atoms with Gasteiger partial charge in [0.25, 0.3) is 0 Å². The molecule has 1 fully saturated rings. The Hall–Kier alpha value is -0.450. The Kier molecular flexibility index (Phi) is 6.00. The first-order chi connectivity index (χ1) is 9.56. The van der Waals surface area contributed by atoms with Crippen LogP contribution in [0.3, 0.4) is 0 Å². The normalized spacial score (nSPS) is 22.5. The van der Waals surface area contributed by atoms with Crippen molar-refractivity contribution in [3.05, 3.63) is 34.1 Å². The van der Waals surface area contributed by atoms with Gasteiger partial charge in [0.15, 0.2) is 0 Å². The van der Waals surface area contributed by atoms with Crippen LogP contribution in [0.15, 0.2) is 22.7 Å². The van der Waals surface area contributed by atoms with Gasteiger partial charge in [-0.05, 0) is 66.4 Å². The number of aliphatic hydroxyl groups excluding tert-OH is 1. The van der Waals surface area contributed by atoms with E-state index in [0.717, 1.165) is 31.5 Å². The highest BCUT2D eigenvalue weighted by molar-refractivity contribution is 9.10. The molecule has 0 aromatic heterocycles. The van der Waals surface area contributed by atoms with Crippen LogP contribution >= 0.6 is 15.9 Å². The molecule has 112 valence electrons. The molecule has 0 spiro atoms. The van der Waals surface area contributed by atoms with E-state index in [1.807, 2.05) is 19.1 Å². The van der Waals surface area contributed by atoms with E-state index in [-0.39, 0.29) is 11.9 Å². The molecule has 2 unspecified atom stereocenters. The summed E-state index contributed by atoms with van der Waals surface area (Å²) in [4.78, 5) is 2.44. The first-order valence-electron chi connectivity index (χ1n) is 7.42. The molecule has 1 N–H and O–H groups in total. The van der Waals surface area contributed by atoms with Gasteiger partial charge in [-0.2, -0.15) is 0 Å². The van der Waals surface area contributed by atoms with Gasteiger partial charge in [-0.15, -0.1) is 0 Å². The van der Waals surface area contributed by atoms with Gasteiger partial charge in [0, 0.05) is 12.6 Å².